The van der Waals surface area contributed by atoms with Crippen LogP contribution in [0.2, 0.25) is 5.02 Å². The number of amides is 3. The van der Waals surface area contributed by atoms with Crippen molar-refractivity contribution in [3.8, 4) is 5.75 Å². The summed E-state index contributed by atoms with van der Waals surface area (Å²) in [5, 5.41) is 3.47. The molecule has 0 aliphatic carbocycles. The number of carbonyl (C=O) groups excluding carboxylic acids is 2. The van der Waals surface area contributed by atoms with Gasteiger partial charge in [0.15, 0.2) is 0 Å². The third-order valence-electron chi connectivity index (χ3n) is 5.11. The Balaban J connectivity index is 1.36. The van der Waals surface area contributed by atoms with Gasteiger partial charge in [-0.05, 0) is 55.0 Å². The van der Waals surface area contributed by atoms with Crippen LogP contribution in [0.4, 0.5) is 23.7 Å². The highest BCUT2D eigenvalue weighted by molar-refractivity contribution is 6.30. The molecule has 3 amide bonds. The molecule has 2 aromatic rings. The van der Waals surface area contributed by atoms with Gasteiger partial charge in [-0.2, -0.15) is 0 Å². The molecule has 1 N–H and O–H groups in total. The number of alkyl halides is 3. The SMILES string of the molecule is O=C(N[C@@H]1C[C@H]2CN(c3ccc(OC(F)(F)F)cc3)C(=O)N2C1)c1ccc(Cl)cc1. The predicted octanol–water partition coefficient (Wildman–Crippen LogP) is 4.05. The third-order valence-corrected chi connectivity index (χ3v) is 5.36. The summed E-state index contributed by atoms with van der Waals surface area (Å²) in [5.74, 6) is -0.578. The summed E-state index contributed by atoms with van der Waals surface area (Å²) in [4.78, 5) is 28.3. The number of anilines is 1. The molecule has 0 spiro atoms. The van der Waals surface area contributed by atoms with Crippen LogP contribution >= 0.6 is 11.6 Å². The number of nitrogens with one attached hydrogen (secondary N) is 1. The van der Waals surface area contributed by atoms with Gasteiger partial charge in [0.1, 0.15) is 5.75 Å². The highest BCUT2D eigenvalue weighted by atomic mass is 35.5. The third kappa shape index (κ3) is 4.30. The van der Waals surface area contributed by atoms with Crippen LogP contribution in [0.1, 0.15) is 16.8 Å². The van der Waals surface area contributed by atoms with E-state index in [1.54, 1.807) is 29.2 Å². The molecule has 10 heteroatoms. The number of halogens is 4. The molecule has 2 fully saturated rings. The molecule has 158 valence electrons. The first-order valence-electron chi connectivity index (χ1n) is 9.20. The first-order chi connectivity index (χ1) is 14.2. The second-order valence-electron chi connectivity index (χ2n) is 7.15. The minimum atomic E-state index is -4.76. The number of benzene rings is 2. The predicted molar refractivity (Wildman–Crippen MR) is 104 cm³/mol. The van der Waals surface area contributed by atoms with Crippen LogP contribution < -0.4 is 15.0 Å². The van der Waals surface area contributed by atoms with Crippen LogP contribution in [0.3, 0.4) is 0 Å². The zero-order valence-corrected chi connectivity index (χ0v) is 16.3. The van der Waals surface area contributed by atoms with E-state index in [0.717, 1.165) is 0 Å². The van der Waals surface area contributed by atoms with Crippen molar-refractivity contribution in [2.45, 2.75) is 24.9 Å². The van der Waals surface area contributed by atoms with Crippen molar-refractivity contribution in [1.29, 1.82) is 0 Å². The van der Waals surface area contributed by atoms with E-state index in [-0.39, 0.29) is 29.8 Å². The average molecular weight is 440 g/mol. The molecule has 6 nitrogen and oxygen atoms in total. The van der Waals surface area contributed by atoms with Crippen LogP contribution in [0.5, 0.6) is 5.75 Å². The minimum Gasteiger partial charge on any atom is -0.406 e. The molecule has 4 rings (SSSR count). The van der Waals surface area contributed by atoms with E-state index in [9.17, 15) is 22.8 Å². The zero-order valence-electron chi connectivity index (χ0n) is 15.5. The Morgan fingerprint density at radius 1 is 1.07 bits per heavy atom. The van der Waals surface area contributed by atoms with E-state index in [1.807, 2.05) is 0 Å². The lowest BCUT2D eigenvalue weighted by Crippen LogP contribution is -2.40. The maximum atomic E-state index is 12.8. The van der Waals surface area contributed by atoms with Crippen molar-refractivity contribution in [1.82, 2.24) is 10.2 Å². The van der Waals surface area contributed by atoms with Crippen molar-refractivity contribution in [3.05, 3.63) is 59.1 Å². The number of carbonyl (C=O) groups is 2. The summed E-state index contributed by atoms with van der Waals surface area (Å²) >= 11 is 5.83. The maximum absolute atomic E-state index is 12.8. The summed E-state index contributed by atoms with van der Waals surface area (Å²) in [6.45, 7) is 0.764. The van der Waals surface area contributed by atoms with Gasteiger partial charge in [0.25, 0.3) is 5.91 Å². The average Bonchev–Trinajstić information content (AvgIpc) is 3.20. The molecular weight excluding hydrogens is 423 g/mol. The largest absolute Gasteiger partial charge is 0.573 e. The monoisotopic (exact) mass is 439 g/mol. The topological polar surface area (TPSA) is 61.9 Å². The molecule has 0 aromatic heterocycles. The first-order valence-corrected chi connectivity index (χ1v) is 9.58. The number of hydrogen-bond donors (Lipinski definition) is 1. The van der Waals surface area contributed by atoms with E-state index >= 15 is 0 Å². The van der Waals surface area contributed by atoms with Crippen molar-refractivity contribution < 1.29 is 27.5 Å². The smallest absolute Gasteiger partial charge is 0.406 e. The van der Waals surface area contributed by atoms with Crippen molar-refractivity contribution in [2.24, 2.45) is 0 Å². The Morgan fingerprint density at radius 2 is 1.73 bits per heavy atom. The van der Waals surface area contributed by atoms with Gasteiger partial charge < -0.3 is 15.0 Å². The van der Waals surface area contributed by atoms with Crippen molar-refractivity contribution in [3.63, 3.8) is 0 Å². The number of rotatable bonds is 4. The molecule has 0 saturated carbocycles. The van der Waals surface area contributed by atoms with Gasteiger partial charge >= 0.3 is 12.4 Å². The molecule has 2 aliphatic heterocycles. The van der Waals surface area contributed by atoms with Gasteiger partial charge in [-0.3, -0.25) is 9.69 Å². The maximum Gasteiger partial charge on any atom is 0.573 e. The molecular formula is C20H17ClF3N3O3. The minimum absolute atomic E-state index is 0.0841. The fraction of sp³-hybridized carbons (Fsp3) is 0.300. The van der Waals surface area contributed by atoms with E-state index in [2.05, 4.69) is 10.1 Å². The van der Waals surface area contributed by atoms with Crippen LogP contribution in [0.15, 0.2) is 48.5 Å². The van der Waals surface area contributed by atoms with Crippen LogP contribution in [0, 0.1) is 0 Å². The lowest BCUT2D eigenvalue weighted by Gasteiger charge is -2.20. The second kappa shape index (κ2) is 7.71. The van der Waals surface area contributed by atoms with Gasteiger partial charge in [-0.1, -0.05) is 11.6 Å². The van der Waals surface area contributed by atoms with Crippen molar-refractivity contribution >= 4 is 29.2 Å². The summed E-state index contributed by atoms with van der Waals surface area (Å²) in [7, 11) is 0. The number of fused-ring (bicyclic) bond motifs is 1. The Hall–Kier alpha value is -2.94. The van der Waals surface area contributed by atoms with E-state index in [4.69, 9.17) is 11.6 Å². The molecule has 30 heavy (non-hydrogen) atoms. The zero-order chi connectivity index (χ0) is 21.5. The Kier molecular flexibility index (Phi) is 5.23. The molecule has 0 unspecified atom stereocenters. The summed E-state index contributed by atoms with van der Waals surface area (Å²) in [5.41, 5.74) is 0.978. The highest BCUT2D eigenvalue weighted by Gasteiger charge is 2.45. The Labute approximate surface area is 175 Å². The van der Waals surface area contributed by atoms with E-state index < -0.39 is 6.36 Å². The number of hydrogen-bond acceptors (Lipinski definition) is 3. The lowest BCUT2D eigenvalue weighted by atomic mass is 10.1. The fourth-order valence-corrected chi connectivity index (χ4v) is 3.91. The van der Waals surface area contributed by atoms with Gasteiger partial charge in [0, 0.05) is 35.4 Å². The Bertz CT molecular complexity index is 951. The molecule has 0 bridgehead atoms. The van der Waals surface area contributed by atoms with E-state index in [0.29, 0.717) is 35.8 Å². The Morgan fingerprint density at radius 3 is 2.33 bits per heavy atom. The van der Waals surface area contributed by atoms with Gasteiger partial charge in [0.2, 0.25) is 0 Å². The highest BCUT2D eigenvalue weighted by Crippen LogP contribution is 2.32. The molecule has 2 aromatic carbocycles. The quantitative estimate of drug-likeness (QED) is 0.781. The summed E-state index contributed by atoms with van der Waals surface area (Å²) in [6.07, 6.45) is -4.17. The molecule has 0 radical (unpaired) electrons. The summed E-state index contributed by atoms with van der Waals surface area (Å²) < 4.78 is 40.7. The normalized spacial score (nSPS) is 21.0. The first kappa shape index (κ1) is 20.3. The molecule has 2 saturated heterocycles. The van der Waals surface area contributed by atoms with Crippen molar-refractivity contribution in [2.75, 3.05) is 18.0 Å². The van der Waals surface area contributed by atoms with Crippen LogP contribution in [-0.2, 0) is 0 Å². The number of nitrogens with zero attached hydrogens (tertiary/aromatic N) is 2. The van der Waals surface area contributed by atoms with Gasteiger partial charge in [-0.25, -0.2) is 4.79 Å². The van der Waals surface area contributed by atoms with E-state index in [1.165, 1.54) is 29.2 Å². The summed E-state index contributed by atoms with van der Waals surface area (Å²) in [6, 6.07) is 11.2. The standard InChI is InChI=1S/C20H17ClF3N3O3/c21-13-3-1-12(2-4-13)18(28)25-14-9-16-11-27(19(29)26(16)10-14)15-5-7-17(8-6-15)30-20(22,23)24/h1-8,14,16H,9-11H2,(H,25,28)/t14-,16+/m1/s1. The number of urea groups is 1. The van der Waals surface area contributed by atoms with Crippen LogP contribution in [-0.4, -0.2) is 48.4 Å². The number of ether oxygens (including phenoxy) is 1. The molecule has 2 heterocycles. The van der Waals surface area contributed by atoms with Crippen LogP contribution in [0.25, 0.3) is 0 Å². The lowest BCUT2D eigenvalue weighted by molar-refractivity contribution is -0.274. The van der Waals surface area contributed by atoms with Gasteiger partial charge in [-0.15, -0.1) is 13.2 Å². The molecule has 2 aliphatic rings. The molecule has 2 atom stereocenters. The van der Waals surface area contributed by atoms with Gasteiger partial charge in [0.05, 0.1) is 6.04 Å². The fourth-order valence-electron chi connectivity index (χ4n) is 3.79. The second-order valence-corrected chi connectivity index (χ2v) is 7.59.